The molecule has 0 radical (unpaired) electrons. The minimum Gasteiger partial charge on any atom is -0.465 e. The molecule has 0 aliphatic heterocycles. The van der Waals surface area contributed by atoms with Crippen molar-refractivity contribution in [2.75, 3.05) is 7.11 Å². The van der Waals surface area contributed by atoms with E-state index in [4.69, 9.17) is 34.8 Å². The molecule has 0 aliphatic carbocycles. The van der Waals surface area contributed by atoms with Crippen LogP contribution >= 0.6 is 34.8 Å². The van der Waals surface area contributed by atoms with E-state index >= 15 is 0 Å². The van der Waals surface area contributed by atoms with Gasteiger partial charge in [0.25, 0.3) is 0 Å². The topological polar surface area (TPSA) is 39.2 Å². The number of ether oxygens (including phenoxy) is 1. The van der Waals surface area contributed by atoms with E-state index in [0.29, 0.717) is 0 Å². The summed E-state index contributed by atoms with van der Waals surface area (Å²) in [4.78, 5) is 15.6. The molecule has 104 valence electrons. The average molecular weight is 335 g/mol. The maximum absolute atomic E-state index is 13.3. The van der Waals surface area contributed by atoms with Crippen LogP contribution in [0, 0.1) is 5.82 Å². The van der Waals surface area contributed by atoms with Gasteiger partial charge in [-0.15, -0.1) is 0 Å². The van der Waals surface area contributed by atoms with Crippen LogP contribution in [0.25, 0.3) is 11.3 Å². The molecule has 1 aromatic carbocycles. The summed E-state index contributed by atoms with van der Waals surface area (Å²) in [6.45, 7) is 0. The summed E-state index contributed by atoms with van der Waals surface area (Å²) >= 11 is 18.1. The Morgan fingerprint density at radius 1 is 1.25 bits per heavy atom. The molecule has 0 bridgehead atoms. The van der Waals surface area contributed by atoms with Crippen LogP contribution in [-0.2, 0) is 4.74 Å². The number of halogens is 4. The molecular formula is C13H7Cl3FNO2. The van der Waals surface area contributed by atoms with Gasteiger partial charge in [-0.3, -0.25) is 4.98 Å². The fourth-order valence-electron chi connectivity index (χ4n) is 1.65. The van der Waals surface area contributed by atoms with Gasteiger partial charge >= 0.3 is 5.97 Å². The summed E-state index contributed by atoms with van der Waals surface area (Å²) < 4.78 is 17.9. The number of aromatic nitrogens is 1. The van der Waals surface area contributed by atoms with Crippen molar-refractivity contribution >= 4 is 40.8 Å². The van der Waals surface area contributed by atoms with Crippen LogP contribution in [0.3, 0.4) is 0 Å². The Kier molecular flexibility index (Phi) is 4.48. The predicted molar refractivity (Wildman–Crippen MR) is 76.0 cm³/mol. The molecule has 1 heterocycles. The normalized spacial score (nSPS) is 10.4. The molecule has 0 spiro atoms. The second-order valence-corrected chi connectivity index (χ2v) is 4.95. The van der Waals surface area contributed by atoms with Crippen molar-refractivity contribution in [3.8, 4) is 11.3 Å². The zero-order valence-electron chi connectivity index (χ0n) is 10.1. The Balaban J connectivity index is 2.77. The molecule has 7 heteroatoms. The molecule has 20 heavy (non-hydrogen) atoms. The second-order valence-electron chi connectivity index (χ2n) is 3.76. The third kappa shape index (κ3) is 2.73. The number of esters is 1. The standard InChI is InChI=1S/C13H7Cl3FNO2/c1-20-13(19)7-4-6(17)5-18-12(7)10-8(14)2-3-9(15)11(10)16/h2-5H,1H3. The summed E-state index contributed by atoms with van der Waals surface area (Å²) in [5, 5.41) is 0.611. The molecule has 2 rings (SSSR count). The van der Waals surface area contributed by atoms with Gasteiger partial charge in [0.05, 0.1) is 39.6 Å². The number of carbonyl (C=O) groups excluding carboxylic acids is 1. The van der Waals surface area contributed by atoms with Gasteiger partial charge in [0.15, 0.2) is 0 Å². The third-order valence-electron chi connectivity index (χ3n) is 2.54. The lowest BCUT2D eigenvalue weighted by Gasteiger charge is -2.11. The molecule has 0 N–H and O–H groups in total. The number of carbonyl (C=O) groups is 1. The molecule has 0 saturated heterocycles. The molecule has 0 aliphatic rings. The van der Waals surface area contributed by atoms with E-state index in [1.165, 1.54) is 19.2 Å². The van der Waals surface area contributed by atoms with Crippen LogP contribution < -0.4 is 0 Å². The van der Waals surface area contributed by atoms with E-state index < -0.39 is 11.8 Å². The summed E-state index contributed by atoms with van der Waals surface area (Å²) in [6.07, 6.45) is 0.954. The quantitative estimate of drug-likeness (QED) is 0.593. The Morgan fingerprint density at radius 2 is 1.90 bits per heavy atom. The number of benzene rings is 1. The maximum atomic E-state index is 13.3. The molecule has 0 unspecified atom stereocenters. The highest BCUT2D eigenvalue weighted by Crippen LogP contribution is 2.39. The fraction of sp³-hybridized carbons (Fsp3) is 0.0769. The first-order valence-electron chi connectivity index (χ1n) is 5.33. The number of hydrogen-bond donors (Lipinski definition) is 0. The largest absolute Gasteiger partial charge is 0.465 e. The minimum absolute atomic E-state index is 0.0847. The number of pyridine rings is 1. The third-order valence-corrected chi connectivity index (χ3v) is 3.66. The molecule has 0 fully saturated rings. The number of rotatable bonds is 2. The first-order valence-corrected chi connectivity index (χ1v) is 6.46. The van der Waals surface area contributed by atoms with Crippen LogP contribution in [0.4, 0.5) is 4.39 Å². The Bertz CT molecular complexity index is 692. The van der Waals surface area contributed by atoms with Gasteiger partial charge in [-0.2, -0.15) is 0 Å². The van der Waals surface area contributed by atoms with Gasteiger partial charge in [0.2, 0.25) is 0 Å². The molecule has 1 aromatic heterocycles. The van der Waals surface area contributed by atoms with Crippen molar-refractivity contribution < 1.29 is 13.9 Å². The molecule has 3 nitrogen and oxygen atoms in total. The highest BCUT2D eigenvalue weighted by molar-refractivity contribution is 6.46. The molecular weight excluding hydrogens is 328 g/mol. The predicted octanol–water partition coefficient (Wildman–Crippen LogP) is 4.63. The van der Waals surface area contributed by atoms with E-state index in [-0.39, 0.29) is 31.9 Å². The monoisotopic (exact) mass is 333 g/mol. The van der Waals surface area contributed by atoms with Crippen molar-refractivity contribution in [1.29, 1.82) is 0 Å². The number of methoxy groups -OCH3 is 1. The smallest absolute Gasteiger partial charge is 0.340 e. The molecule has 0 amide bonds. The summed E-state index contributed by atoms with van der Waals surface area (Å²) in [5.41, 5.74) is 0.274. The van der Waals surface area contributed by atoms with Gasteiger partial charge < -0.3 is 4.74 Å². The molecule has 2 aromatic rings. The lowest BCUT2D eigenvalue weighted by atomic mass is 10.1. The molecule has 0 saturated carbocycles. The highest BCUT2D eigenvalue weighted by Gasteiger charge is 2.21. The Hall–Kier alpha value is -1.36. The Morgan fingerprint density at radius 3 is 2.55 bits per heavy atom. The first-order chi connectivity index (χ1) is 9.45. The second kappa shape index (κ2) is 5.95. The number of nitrogens with zero attached hydrogens (tertiary/aromatic N) is 1. The Labute approximate surface area is 129 Å². The minimum atomic E-state index is -0.751. The van der Waals surface area contributed by atoms with Gasteiger partial charge in [0, 0.05) is 5.56 Å². The van der Waals surface area contributed by atoms with E-state index in [2.05, 4.69) is 9.72 Å². The van der Waals surface area contributed by atoms with Crippen molar-refractivity contribution in [2.45, 2.75) is 0 Å². The van der Waals surface area contributed by atoms with Gasteiger partial charge in [-0.1, -0.05) is 34.8 Å². The van der Waals surface area contributed by atoms with E-state index in [1.54, 1.807) is 0 Å². The van der Waals surface area contributed by atoms with Crippen LogP contribution in [0.15, 0.2) is 24.4 Å². The zero-order valence-corrected chi connectivity index (χ0v) is 12.4. The summed E-state index contributed by atoms with van der Waals surface area (Å²) in [6, 6.07) is 4.02. The van der Waals surface area contributed by atoms with E-state index in [9.17, 15) is 9.18 Å². The van der Waals surface area contributed by atoms with Crippen LogP contribution in [-0.4, -0.2) is 18.1 Å². The van der Waals surface area contributed by atoms with Gasteiger partial charge in [-0.25, -0.2) is 9.18 Å². The van der Waals surface area contributed by atoms with Crippen molar-refractivity contribution in [1.82, 2.24) is 4.98 Å². The lowest BCUT2D eigenvalue weighted by molar-refractivity contribution is 0.0600. The summed E-state index contributed by atoms with van der Waals surface area (Å²) in [7, 11) is 1.18. The van der Waals surface area contributed by atoms with Crippen molar-refractivity contribution in [3.63, 3.8) is 0 Å². The van der Waals surface area contributed by atoms with Crippen molar-refractivity contribution in [2.24, 2.45) is 0 Å². The molecule has 0 atom stereocenters. The highest BCUT2D eigenvalue weighted by atomic mass is 35.5. The van der Waals surface area contributed by atoms with Crippen LogP contribution in [0.1, 0.15) is 10.4 Å². The zero-order chi connectivity index (χ0) is 14.9. The van der Waals surface area contributed by atoms with Gasteiger partial charge in [-0.05, 0) is 18.2 Å². The first kappa shape index (κ1) is 15.0. The average Bonchev–Trinajstić information content (AvgIpc) is 2.44. The number of hydrogen-bond acceptors (Lipinski definition) is 3. The van der Waals surface area contributed by atoms with E-state index in [1.807, 2.05) is 0 Å². The maximum Gasteiger partial charge on any atom is 0.340 e. The lowest BCUT2D eigenvalue weighted by Crippen LogP contribution is -2.06. The SMILES string of the molecule is COC(=O)c1cc(F)cnc1-c1c(Cl)ccc(Cl)c1Cl. The van der Waals surface area contributed by atoms with Crippen molar-refractivity contribution in [3.05, 3.63) is 50.8 Å². The van der Waals surface area contributed by atoms with Crippen LogP contribution in [0.5, 0.6) is 0 Å². The van der Waals surface area contributed by atoms with E-state index in [0.717, 1.165) is 12.3 Å². The fourth-order valence-corrected chi connectivity index (χ4v) is 2.36. The summed E-state index contributed by atoms with van der Waals surface area (Å²) in [5.74, 6) is -1.43. The van der Waals surface area contributed by atoms with Crippen LogP contribution in [0.2, 0.25) is 15.1 Å². The van der Waals surface area contributed by atoms with Gasteiger partial charge in [0.1, 0.15) is 5.82 Å².